The van der Waals surface area contributed by atoms with Crippen molar-refractivity contribution in [2.24, 2.45) is 0 Å². The fourth-order valence-corrected chi connectivity index (χ4v) is 6.95. The lowest BCUT2D eigenvalue weighted by atomic mass is 10.0. The predicted molar refractivity (Wildman–Crippen MR) is 252 cm³/mol. The standard InChI is InChI=1S/C52H91NO7/c1-6-8-10-12-14-16-18-20-22-24-25-27-28-30-32-34-36-38-40-42-50(54)59-47-48(46-58-45-44-49(52(56)57)53(3,4)5)60-51(55)43-41-39-37-35-33-31-29-26-23-21-19-17-15-13-11-9-7-2/h9,11,15,17,21,23,29,31,35,37,48-49H,6-8,10,12-14,16,18-20,22,24-28,30,32-34,36,38-47H2,1-5H3/p+1/b11-9-,17-15-,23-21-,31-29-,37-35-. The molecule has 0 aliphatic rings. The van der Waals surface area contributed by atoms with E-state index >= 15 is 0 Å². The largest absolute Gasteiger partial charge is 0.477 e. The summed E-state index contributed by atoms with van der Waals surface area (Å²) in [5.41, 5.74) is 0. The molecular formula is C52H92NO7+. The maximum atomic E-state index is 12.7. The second kappa shape index (κ2) is 42.7. The molecule has 0 saturated carbocycles. The maximum absolute atomic E-state index is 12.7. The lowest BCUT2D eigenvalue weighted by Crippen LogP contribution is -2.50. The Hall–Kier alpha value is -2.97. The number of carbonyl (C=O) groups is 3. The molecule has 0 spiro atoms. The summed E-state index contributed by atoms with van der Waals surface area (Å²) in [6, 6.07) is -0.626. The van der Waals surface area contributed by atoms with Gasteiger partial charge in [0.2, 0.25) is 0 Å². The van der Waals surface area contributed by atoms with E-state index in [0.717, 1.165) is 57.8 Å². The van der Waals surface area contributed by atoms with Crippen molar-refractivity contribution in [1.29, 1.82) is 0 Å². The number of hydrogen-bond acceptors (Lipinski definition) is 6. The normalized spacial score (nSPS) is 13.4. The van der Waals surface area contributed by atoms with E-state index in [0.29, 0.717) is 19.3 Å². The third-order valence-electron chi connectivity index (χ3n) is 10.7. The average Bonchev–Trinajstić information content (AvgIpc) is 3.21. The Bertz CT molecular complexity index is 1170. The summed E-state index contributed by atoms with van der Waals surface area (Å²) in [5.74, 6) is -1.54. The van der Waals surface area contributed by atoms with Crippen LogP contribution in [0.3, 0.4) is 0 Å². The highest BCUT2D eigenvalue weighted by Crippen LogP contribution is 2.16. The molecule has 0 amide bonds. The van der Waals surface area contributed by atoms with Crippen LogP contribution in [0.1, 0.15) is 200 Å². The molecule has 8 heteroatoms. The summed E-state index contributed by atoms with van der Waals surface area (Å²) in [5, 5.41) is 9.64. The second-order valence-corrected chi connectivity index (χ2v) is 17.3. The number of hydrogen-bond donors (Lipinski definition) is 1. The molecule has 0 aromatic carbocycles. The molecule has 1 N–H and O–H groups in total. The van der Waals surface area contributed by atoms with Crippen molar-refractivity contribution in [2.45, 2.75) is 212 Å². The Morgan fingerprint density at radius 2 is 0.933 bits per heavy atom. The van der Waals surface area contributed by atoms with Crippen LogP contribution < -0.4 is 0 Å². The van der Waals surface area contributed by atoms with Crippen LogP contribution in [-0.4, -0.2) is 80.6 Å². The molecule has 0 fully saturated rings. The van der Waals surface area contributed by atoms with Crippen molar-refractivity contribution in [3.05, 3.63) is 60.8 Å². The lowest BCUT2D eigenvalue weighted by molar-refractivity contribution is -0.887. The van der Waals surface area contributed by atoms with Crippen LogP contribution in [0.5, 0.6) is 0 Å². The Morgan fingerprint density at radius 1 is 0.517 bits per heavy atom. The number of ether oxygens (including phenoxy) is 3. The minimum Gasteiger partial charge on any atom is -0.477 e. The Morgan fingerprint density at radius 3 is 1.37 bits per heavy atom. The molecule has 2 unspecified atom stereocenters. The Balaban J connectivity index is 4.34. The van der Waals surface area contributed by atoms with Gasteiger partial charge >= 0.3 is 17.9 Å². The SMILES string of the molecule is CC/C=C\C/C=C\C/C=C\C/C=C\C/C=C\CCCC(=O)OC(COCCC(C(=O)O)[N+](C)(C)C)COC(=O)CCCCCCCCCCCCCCCCCCCCC. The number of carboxylic acid groups (broad SMARTS) is 1. The summed E-state index contributed by atoms with van der Waals surface area (Å²) in [4.78, 5) is 37.1. The van der Waals surface area contributed by atoms with E-state index in [-0.39, 0.29) is 42.7 Å². The van der Waals surface area contributed by atoms with Gasteiger partial charge in [0.25, 0.3) is 0 Å². The van der Waals surface area contributed by atoms with E-state index in [1.807, 2.05) is 21.1 Å². The number of carboxylic acids is 1. The van der Waals surface area contributed by atoms with Gasteiger partial charge in [-0.05, 0) is 51.4 Å². The number of likely N-dealkylation sites (N-methyl/N-ethyl adjacent to an activating group) is 1. The molecular weight excluding hydrogens is 751 g/mol. The monoisotopic (exact) mass is 843 g/mol. The van der Waals surface area contributed by atoms with Crippen molar-refractivity contribution in [1.82, 2.24) is 0 Å². The number of aliphatic carboxylic acids is 1. The molecule has 0 aromatic heterocycles. The highest BCUT2D eigenvalue weighted by atomic mass is 16.6. The first kappa shape index (κ1) is 57.0. The van der Waals surface area contributed by atoms with E-state index < -0.39 is 18.1 Å². The number of unbranched alkanes of at least 4 members (excludes halogenated alkanes) is 19. The molecule has 2 atom stereocenters. The van der Waals surface area contributed by atoms with Crippen molar-refractivity contribution < 1.29 is 38.2 Å². The molecule has 0 bridgehead atoms. The van der Waals surface area contributed by atoms with Crippen LogP contribution in [0.25, 0.3) is 0 Å². The number of rotatable bonds is 43. The predicted octanol–water partition coefficient (Wildman–Crippen LogP) is 13.8. The van der Waals surface area contributed by atoms with Gasteiger partial charge in [0.05, 0.1) is 34.4 Å². The number of nitrogens with zero attached hydrogens (tertiary/aromatic N) is 1. The van der Waals surface area contributed by atoms with E-state index in [4.69, 9.17) is 14.2 Å². The van der Waals surface area contributed by atoms with Crippen LogP contribution in [0.2, 0.25) is 0 Å². The first-order valence-corrected chi connectivity index (χ1v) is 24.3. The zero-order chi connectivity index (χ0) is 44.2. The van der Waals surface area contributed by atoms with Gasteiger partial charge in [-0.15, -0.1) is 0 Å². The fourth-order valence-electron chi connectivity index (χ4n) is 6.95. The van der Waals surface area contributed by atoms with Gasteiger partial charge < -0.3 is 23.8 Å². The van der Waals surface area contributed by atoms with Gasteiger partial charge in [-0.3, -0.25) is 9.59 Å². The van der Waals surface area contributed by atoms with Gasteiger partial charge in [-0.1, -0.05) is 190 Å². The van der Waals surface area contributed by atoms with Gasteiger partial charge in [0, 0.05) is 19.3 Å². The van der Waals surface area contributed by atoms with E-state index in [2.05, 4.69) is 74.6 Å². The molecule has 60 heavy (non-hydrogen) atoms. The van der Waals surface area contributed by atoms with Gasteiger partial charge in [0.15, 0.2) is 12.1 Å². The van der Waals surface area contributed by atoms with Crippen molar-refractivity contribution >= 4 is 17.9 Å². The molecule has 0 aromatic rings. The van der Waals surface area contributed by atoms with E-state index in [1.165, 1.54) is 103 Å². The first-order valence-electron chi connectivity index (χ1n) is 24.3. The first-order chi connectivity index (χ1) is 29.1. The Labute approximate surface area is 368 Å². The number of quaternary nitrogens is 1. The smallest absolute Gasteiger partial charge is 0.362 e. The molecule has 346 valence electrons. The summed E-state index contributed by atoms with van der Waals surface area (Å²) in [6.07, 6.45) is 52.8. The van der Waals surface area contributed by atoms with Crippen LogP contribution in [-0.2, 0) is 28.6 Å². The minimum atomic E-state index is -0.884. The summed E-state index contributed by atoms with van der Waals surface area (Å²) in [6.45, 7) is 4.58. The molecule has 0 aliphatic carbocycles. The van der Waals surface area contributed by atoms with Gasteiger partial charge in [-0.2, -0.15) is 0 Å². The second-order valence-electron chi connectivity index (χ2n) is 17.3. The highest BCUT2D eigenvalue weighted by Gasteiger charge is 2.31. The van der Waals surface area contributed by atoms with E-state index in [9.17, 15) is 19.5 Å². The topological polar surface area (TPSA) is 99.1 Å². The molecule has 0 radical (unpaired) electrons. The molecule has 0 rings (SSSR count). The zero-order valence-electron chi connectivity index (χ0n) is 39.4. The lowest BCUT2D eigenvalue weighted by Gasteiger charge is -2.31. The third-order valence-corrected chi connectivity index (χ3v) is 10.7. The van der Waals surface area contributed by atoms with Crippen LogP contribution in [0.4, 0.5) is 0 Å². The number of carbonyl (C=O) groups excluding carboxylic acids is 2. The fraction of sp³-hybridized carbons (Fsp3) is 0.750. The zero-order valence-corrected chi connectivity index (χ0v) is 39.4. The van der Waals surface area contributed by atoms with Crippen molar-refractivity contribution in [2.75, 3.05) is 41.0 Å². The Kier molecular flexibility index (Phi) is 40.6. The van der Waals surface area contributed by atoms with Crippen LogP contribution in [0, 0.1) is 0 Å². The van der Waals surface area contributed by atoms with Gasteiger partial charge in [0.1, 0.15) is 6.61 Å². The van der Waals surface area contributed by atoms with Crippen LogP contribution >= 0.6 is 0 Å². The third kappa shape index (κ3) is 40.4. The summed E-state index contributed by atoms with van der Waals surface area (Å²) < 4.78 is 17.3. The van der Waals surface area contributed by atoms with Crippen molar-refractivity contribution in [3.8, 4) is 0 Å². The highest BCUT2D eigenvalue weighted by molar-refractivity contribution is 5.72. The quantitative estimate of drug-likeness (QED) is 0.0282. The van der Waals surface area contributed by atoms with Gasteiger partial charge in [-0.25, -0.2) is 4.79 Å². The van der Waals surface area contributed by atoms with Crippen molar-refractivity contribution in [3.63, 3.8) is 0 Å². The maximum Gasteiger partial charge on any atom is 0.362 e. The number of allylic oxidation sites excluding steroid dienone is 10. The average molecular weight is 843 g/mol. The minimum absolute atomic E-state index is 0.0382. The molecule has 0 saturated heterocycles. The van der Waals surface area contributed by atoms with Crippen LogP contribution in [0.15, 0.2) is 60.8 Å². The molecule has 8 nitrogen and oxygen atoms in total. The molecule has 0 aliphatic heterocycles. The number of esters is 2. The summed E-state index contributed by atoms with van der Waals surface area (Å²) >= 11 is 0. The molecule has 0 heterocycles. The summed E-state index contributed by atoms with van der Waals surface area (Å²) in [7, 11) is 5.51. The van der Waals surface area contributed by atoms with E-state index in [1.54, 1.807) is 0 Å².